The molecule has 1 aromatic heterocycles. The van der Waals surface area contributed by atoms with Gasteiger partial charge < -0.3 is 15.7 Å². The number of nitrogens with one attached hydrogen (secondary N) is 3. The molecule has 0 saturated heterocycles. The van der Waals surface area contributed by atoms with E-state index in [-0.39, 0.29) is 6.54 Å². The summed E-state index contributed by atoms with van der Waals surface area (Å²) < 4.78 is 0. The molecule has 9 nitrogen and oxygen atoms in total. The van der Waals surface area contributed by atoms with Crippen LogP contribution in [0.4, 0.5) is 4.79 Å². The average molecular weight is 276 g/mol. The standard InChI is InChI=1S/C11H12N6O3/c18-10(19)9(7-4-2-1-3-5-7)13-11(20)12-6-8-14-16-17-15-8/h1-5,9H,6H2,(H,18,19)(H2,12,13,20)(H,14,15,16,17)/t9-/m0/s1. The van der Waals surface area contributed by atoms with Crippen molar-refractivity contribution >= 4 is 12.0 Å². The van der Waals surface area contributed by atoms with Crippen LogP contribution in [-0.4, -0.2) is 37.7 Å². The molecule has 0 aliphatic rings. The molecule has 0 fully saturated rings. The number of aromatic amines is 1. The van der Waals surface area contributed by atoms with E-state index in [4.69, 9.17) is 5.11 Å². The smallest absolute Gasteiger partial charge is 0.330 e. The zero-order valence-electron chi connectivity index (χ0n) is 10.3. The number of carboxylic acid groups (broad SMARTS) is 1. The van der Waals surface area contributed by atoms with Gasteiger partial charge in [-0.05, 0) is 5.56 Å². The highest BCUT2D eigenvalue weighted by Gasteiger charge is 2.21. The van der Waals surface area contributed by atoms with Gasteiger partial charge in [-0.1, -0.05) is 35.5 Å². The highest BCUT2D eigenvalue weighted by atomic mass is 16.4. The van der Waals surface area contributed by atoms with Crippen LogP contribution < -0.4 is 10.6 Å². The van der Waals surface area contributed by atoms with Crippen LogP contribution in [-0.2, 0) is 11.3 Å². The van der Waals surface area contributed by atoms with E-state index in [2.05, 4.69) is 31.3 Å². The Labute approximate surface area is 113 Å². The van der Waals surface area contributed by atoms with Crippen molar-refractivity contribution in [1.29, 1.82) is 0 Å². The molecule has 2 rings (SSSR count). The highest BCUT2D eigenvalue weighted by Crippen LogP contribution is 2.12. The summed E-state index contributed by atoms with van der Waals surface area (Å²) in [4.78, 5) is 22.8. The predicted molar refractivity (Wildman–Crippen MR) is 66.4 cm³/mol. The quantitative estimate of drug-likeness (QED) is 0.599. The number of aromatic nitrogens is 4. The van der Waals surface area contributed by atoms with Gasteiger partial charge in [0.2, 0.25) is 0 Å². The maximum atomic E-state index is 11.7. The van der Waals surface area contributed by atoms with Gasteiger partial charge in [0.05, 0.1) is 6.54 Å². The molecule has 1 heterocycles. The van der Waals surface area contributed by atoms with Crippen molar-refractivity contribution in [2.75, 3.05) is 0 Å². The molecular formula is C11H12N6O3. The number of carbonyl (C=O) groups excluding carboxylic acids is 1. The molecule has 4 N–H and O–H groups in total. The third-order valence-electron chi connectivity index (χ3n) is 2.45. The molecule has 1 aromatic carbocycles. The van der Waals surface area contributed by atoms with Gasteiger partial charge in [0.15, 0.2) is 11.9 Å². The lowest BCUT2D eigenvalue weighted by atomic mass is 10.1. The first-order chi connectivity index (χ1) is 9.66. The second kappa shape index (κ2) is 6.27. The number of urea groups is 1. The van der Waals surface area contributed by atoms with Crippen LogP contribution in [0, 0.1) is 0 Å². The van der Waals surface area contributed by atoms with Crippen LogP contribution in [0.1, 0.15) is 17.4 Å². The van der Waals surface area contributed by atoms with E-state index in [1.807, 2.05) is 0 Å². The molecule has 0 radical (unpaired) electrons. The molecular weight excluding hydrogens is 264 g/mol. The maximum absolute atomic E-state index is 11.7. The highest BCUT2D eigenvalue weighted by molar-refractivity contribution is 5.83. The molecule has 0 unspecified atom stereocenters. The van der Waals surface area contributed by atoms with Gasteiger partial charge in [-0.2, -0.15) is 5.21 Å². The minimum atomic E-state index is -1.15. The van der Waals surface area contributed by atoms with Gasteiger partial charge in [-0.25, -0.2) is 9.59 Å². The van der Waals surface area contributed by atoms with Crippen molar-refractivity contribution in [1.82, 2.24) is 31.3 Å². The monoisotopic (exact) mass is 276 g/mol. The molecule has 2 aromatic rings. The van der Waals surface area contributed by atoms with Crippen LogP contribution in [0.25, 0.3) is 0 Å². The van der Waals surface area contributed by atoms with Gasteiger partial charge >= 0.3 is 12.0 Å². The molecule has 2 amide bonds. The molecule has 0 aliphatic heterocycles. The number of nitrogens with zero attached hydrogens (tertiary/aromatic N) is 3. The van der Waals surface area contributed by atoms with E-state index in [1.54, 1.807) is 30.3 Å². The van der Waals surface area contributed by atoms with Crippen LogP contribution >= 0.6 is 0 Å². The summed E-state index contributed by atoms with van der Waals surface area (Å²) in [7, 11) is 0. The average Bonchev–Trinajstić information content (AvgIpc) is 2.96. The number of tetrazole rings is 1. The zero-order chi connectivity index (χ0) is 14.4. The van der Waals surface area contributed by atoms with Crippen molar-refractivity contribution in [3.63, 3.8) is 0 Å². The van der Waals surface area contributed by atoms with Crippen molar-refractivity contribution in [2.45, 2.75) is 12.6 Å². The number of hydrogen-bond donors (Lipinski definition) is 4. The first kappa shape index (κ1) is 13.5. The topological polar surface area (TPSA) is 133 Å². The molecule has 1 atom stereocenters. The van der Waals surface area contributed by atoms with E-state index >= 15 is 0 Å². The van der Waals surface area contributed by atoms with Gasteiger partial charge in [0.25, 0.3) is 0 Å². The second-order valence-electron chi connectivity index (χ2n) is 3.84. The number of aliphatic carboxylic acids is 1. The van der Waals surface area contributed by atoms with E-state index in [0.29, 0.717) is 11.4 Å². The van der Waals surface area contributed by atoms with Gasteiger partial charge in [-0.3, -0.25) is 0 Å². The summed E-state index contributed by atoms with van der Waals surface area (Å²) >= 11 is 0. The lowest BCUT2D eigenvalue weighted by molar-refractivity contribution is -0.139. The van der Waals surface area contributed by atoms with E-state index in [1.165, 1.54) is 0 Å². The van der Waals surface area contributed by atoms with Crippen molar-refractivity contribution in [2.24, 2.45) is 0 Å². The predicted octanol–water partition coefficient (Wildman–Crippen LogP) is -0.175. The Morgan fingerprint density at radius 2 is 2.05 bits per heavy atom. The molecule has 0 aliphatic carbocycles. The Hall–Kier alpha value is -2.97. The van der Waals surface area contributed by atoms with Gasteiger partial charge in [0, 0.05) is 0 Å². The molecule has 0 saturated carbocycles. The first-order valence-corrected chi connectivity index (χ1v) is 5.71. The zero-order valence-corrected chi connectivity index (χ0v) is 10.3. The summed E-state index contributed by atoms with van der Waals surface area (Å²) in [6, 6.07) is 6.65. The number of benzene rings is 1. The Kier molecular flexibility index (Phi) is 4.22. The van der Waals surface area contributed by atoms with Crippen molar-refractivity contribution < 1.29 is 14.7 Å². The normalized spacial score (nSPS) is 11.6. The summed E-state index contributed by atoms with van der Waals surface area (Å²) in [5.41, 5.74) is 0.481. The number of rotatable bonds is 5. The molecule has 104 valence electrons. The molecule has 20 heavy (non-hydrogen) atoms. The molecule has 0 bridgehead atoms. The van der Waals surface area contributed by atoms with Crippen LogP contribution in [0.2, 0.25) is 0 Å². The lowest BCUT2D eigenvalue weighted by Crippen LogP contribution is -2.40. The van der Waals surface area contributed by atoms with E-state index < -0.39 is 18.0 Å². The second-order valence-corrected chi connectivity index (χ2v) is 3.84. The third-order valence-corrected chi connectivity index (χ3v) is 2.45. The Morgan fingerprint density at radius 3 is 2.65 bits per heavy atom. The fourth-order valence-electron chi connectivity index (χ4n) is 1.53. The fraction of sp³-hybridized carbons (Fsp3) is 0.182. The number of carboxylic acids is 1. The molecule has 0 spiro atoms. The summed E-state index contributed by atoms with van der Waals surface area (Å²) in [6.45, 7) is 0.0451. The van der Waals surface area contributed by atoms with Crippen molar-refractivity contribution in [3.05, 3.63) is 41.7 Å². The Bertz CT molecular complexity index is 571. The van der Waals surface area contributed by atoms with Crippen LogP contribution in [0.3, 0.4) is 0 Å². The SMILES string of the molecule is O=C(NCc1nn[nH]n1)N[C@H](C(=O)O)c1ccccc1. The number of H-pyrrole nitrogens is 1. The maximum Gasteiger partial charge on any atom is 0.330 e. The summed E-state index contributed by atoms with van der Waals surface area (Å²) in [5, 5.41) is 26.8. The first-order valence-electron chi connectivity index (χ1n) is 5.71. The Morgan fingerprint density at radius 1 is 1.30 bits per heavy atom. The third kappa shape index (κ3) is 3.51. The summed E-state index contributed by atoms with van der Waals surface area (Å²) in [5.74, 6) is -0.849. The van der Waals surface area contributed by atoms with E-state index in [9.17, 15) is 9.59 Å². The van der Waals surface area contributed by atoms with Gasteiger partial charge in [-0.15, -0.1) is 10.2 Å². The number of hydrogen-bond acceptors (Lipinski definition) is 5. The Balaban J connectivity index is 1.95. The summed E-state index contributed by atoms with van der Waals surface area (Å²) in [6.07, 6.45) is 0. The van der Waals surface area contributed by atoms with Crippen LogP contribution in [0.15, 0.2) is 30.3 Å². The van der Waals surface area contributed by atoms with Crippen molar-refractivity contribution in [3.8, 4) is 0 Å². The minimum absolute atomic E-state index is 0.0451. The lowest BCUT2D eigenvalue weighted by Gasteiger charge is -2.14. The fourth-order valence-corrected chi connectivity index (χ4v) is 1.53. The van der Waals surface area contributed by atoms with Gasteiger partial charge in [0.1, 0.15) is 0 Å². The molecule has 9 heteroatoms. The van der Waals surface area contributed by atoms with Crippen LogP contribution in [0.5, 0.6) is 0 Å². The minimum Gasteiger partial charge on any atom is -0.479 e. The number of carbonyl (C=O) groups is 2. The van der Waals surface area contributed by atoms with E-state index in [0.717, 1.165) is 0 Å². The number of amides is 2. The largest absolute Gasteiger partial charge is 0.479 e.